The van der Waals surface area contributed by atoms with E-state index in [1.54, 1.807) is 18.7 Å². The smallest absolute Gasteiger partial charge is 0.326 e. The maximum atomic E-state index is 12.4. The zero-order chi connectivity index (χ0) is 18.6. The number of nitrogens with zero attached hydrogens (tertiary/aromatic N) is 1. The predicted octanol–water partition coefficient (Wildman–Crippen LogP) is 3.66. The summed E-state index contributed by atoms with van der Waals surface area (Å²) in [6, 6.07) is 7.87. The number of hydrogen-bond donors (Lipinski definition) is 2. The van der Waals surface area contributed by atoms with E-state index in [1.807, 2.05) is 0 Å². The fourth-order valence-electron chi connectivity index (χ4n) is 2.97. The molecule has 0 aromatic heterocycles. The van der Waals surface area contributed by atoms with Gasteiger partial charge in [-0.15, -0.1) is 0 Å². The van der Waals surface area contributed by atoms with E-state index < -0.39 is 12.0 Å². The number of thiol groups is 1. The zero-order valence-corrected chi connectivity index (χ0v) is 16.7. The number of amides is 1. The lowest BCUT2D eigenvalue weighted by atomic mass is 10.0. The van der Waals surface area contributed by atoms with Crippen LogP contribution >= 0.6 is 24.4 Å². The average Bonchev–Trinajstić information content (AvgIpc) is 3.03. The number of benzene rings is 1. The van der Waals surface area contributed by atoms with Crippen molar-refractivity contribution in [1.82, 2.24) is 4.90 Å². The molecule has 4 nitrogen and oxygen atoms in total. The Kier molecular flexibility index (Phi) is 7.25. The highest BCUT2D eigenvalue weighted by molar-refractivity contribution is 7.99. The van der Waals surface area contributed by atoms with Gasteiger partial charge in [0, 0.05) is 29.2 Å². The maximum absolute atomic E-state index is 12.4. The molecular formula is C19H27NO3S2. The van der Waals surface area contributed by atoms with Crippen molar-refractivity contribution in [1.29, 1.82) is 0 Å². The number of likely N-dealkylation sites (tertiary alicyclic amines) is 1. The third-order valence-electron chi connectivity index (χ3n) is 4.66. The summed E-state index contributed by atoms with van der Waals surface area (Å²) in [7, 11) is 0. The van der Waals surface area contributed by atoms with E-state index in [2.05, 4.69) is 50.7 Å². The van der Waals surface area contributed by atoms with Crippen LogP contribution in [0.3, 0.4) is 0 Å². The highest BCUT2D eigenvalue weighted by Gasteiger charge is 2.40. The first kappa shape index (κ1) is 20.2. The molecule has 0 bridgehead atoms. The van der Waals surface area contributed by atoms with Crippen LogP contribution < -0.4 is 0 Å². The van der Waals surface area contributed by atoms with E-state index in [0.717, 1.165) is 5.75 Å². The van der Waals surface area contributed by atoms with Gasteiger partial charge in [-0.1, -0.05) is 45.0 Å². The van der Waals surface area contributed by atoms with Gasteiger partial charge in [0.15, 0.2) is 0 Å². The zero-order valence-electron chi connectivity index (χ0n) is 15.0. The molecule has 1 aromatic carbocycles. The van der Waals surface area contributed by atoms with Gasteiger partial charge in [0.05, 0.1) is 0 Å². The first-order valence-electron chi connectivity index (χ1n) is 8.68. The van der Waals surface area contributed by atoms with E-state index in [1.165, 1.54) is 16.0 Å². The minimum Gasteiger partial charge on any atom is -0.480 e. The molecule has 1 saturated heterocycles. The monoisotopic (exact) mass is 381 g/mol. The van der Waals surface area contributed by atoms with Gasteiger partial charge in [-0.25, -0.2) is 4.79 Å². The molecule has 0 radical (unpaired) electrons. The Labute approximate surface area is 159 Å². The Balaban J connectivity index is 1.96. The molecule has 6 heteroatoms. The Hall–Kier alpha value is -1.14. The molecule has 0 spiro atoms. The second kappa shape index (κ2) is 8.99. The number of carbonyl (C=O) groups is 2. The summed E-state index contributed by atoms with van der Waals surface area (Å²) in [5.74, 6) is 0.510. The molecule has 0 aliphatic carbocycles. The Morgan fingerprint density at radius 2 is 1.92 bits per heavy atom. The van der Waals surface area contributed by atoms with Crippen LogP contribution in [0.15, 0.2) is 24.3 Å². The maximum Gasteiger partial charge on any atom is 0.326 e. The SMILES string of the molecule is CC(C)c1ccc(CS[C@@H]2C[C@@H](C(=O)O)N(C(=O)[C@H](C)CS)C2)cc1. The molecule has 1 aliphatic heterocycles. The lowest BCUT2D eigenvalue weighted by Crippen LogP contribution is -2.43. The minimum absolute atomic E-state index is 0.105. The summed E-state index contributed by atoms with van der Waals surface area (Å²) in [5.41, 5.74) is 2.55. The first-order valence-corrected chi connectivity index (χ1v) is 10.4. The quantitative estimate of drug-likeness (QED) is 0.708. The van der Waals surface area contributed by atoms with Crippen LogP contribution in [0.4, 0.5) is 0 Å². The number of carbonyl (C=O) groups excluding carboxylic acids is 1. The van der Waals surface area contributed by atoms with Crippen LogP contribution in [0.5, 0.6) is 0 Å². The average molecular weight is 382 g/mol. The number of rotatable bonds is 7. The van der Waals surface area contributed by atoms with Gasteiger partial charge in [-0.05, 0) is 23.5 Å². The first-order chi connectivity index (χ1) is 11.8. The molecular weight excluding hydrogens is 354 g/mol. The number of carboxylic acid groups (broad SMARTS) is 1. The molecule has 25 heavy (non-hydrogen) atoms. The molecule has 0 saturated carbocycles. The summed E-state index contributed by atoms with van der Waals surface area (Å²) in [5, 5.41) is 9.60. The molecule has 138 valence electrons. The summed E-state index contributed by atoms with van der Waals surface area (Å²) in [4.78, 5) is 25.5. The Morgan fingerprint density at radius 3 is 2.44 bits per heavy atom. The van der Waals surface area contributed by atoms with Gasteiger partial charge in [-0.2, -0.15) is 24.4 Å². The molecule has 1 fully saturated rings. The van der Waals surface area contributed by atoms with Crippen molar-refractivity contribution < 1.29 is 14.7 Å². The summed E-state index contributed by atoms with van der Waals surface area (Å²) < 4.78 is 0. The standard InChI is InChI=1S/C19H27NO3S2/c1-12(2)15-6-4-14(5-7-15)11-25-16-8-17(19(22)23)20(9-16)18(21)13(3)10-24/h4-7,12-13,16-17,24H,8-11H2,1-3H3,(H,22,23)/t13-,16-,17+/m1/s1. The number of carboxylic acids is 1. The van der Waals surface area contributed by atoms with Crippen LogP contribution in [0.2, 0.25) is 0 Å². The van der Waals surface area contributed by atoms with Crippen molar-refractivity contribution in [2.24, 2.45) is 5.92 Å². The van der Waals surface area contributed by atoms with Crippen molar-refractivity contribution in [3.8, 4) is 0 Å². The lowest BCUT2D eigenvalue weighted by molar-refractivity contribution is -0.149. The van der Waals surface area contributed by atoms with Gasteiger partial charge >= 0.3 is 5.97 Å². The fourth-order valence-corrected chi connectivity index (χ4v) is 4.33. The van der Waals surface area contributed by atoms with Crippen LogP contribution in [-0.2, 0) is 15.3 Å². The summed E-state index contributed by atoms with van der Waals surface area (Å²) >= 11 is 5.90. The fraction of sp³-hybridized carbons (Fsp3) is 0.579. The molecule has 2 rings (SSSR count). The van der Waals surface area contributed by atoms with Crippen molar-refractivity contribution >= 4 is 36.3 Å². The molecule has 1 amide bonds. The number of hydrogen-bond acceptors (Lipinski definition) is 4. The van der Waals surface area contributed by atoms with Gasteiger partial charge in [0.2, 0.25) is 5.91 Å². The Morgan fingerprint density at radius 1 is 1.28 bits per heavy atom. The second-order valence-electron chi connectivity index (χ2n) is 6.99. The van der Waals surface area contributed by atoms with E-state index in [9.17, 15) is 14.7 Å². The summed E-state index contributed by atoms with van der Waals surface area (Å²) in [6.07, 6.45) is 0.509. The van der Waals surface area contributed by atoms with E-state index in [0.29, 0.717) is 24.6 Å². The van der Waals surface area contributed by atoms with Gasteiger partial charge in [0.1, 0.15) is 6.04 Å². The van der Waals surface area contributed by atoms with Crippen molar-refractivity contribution in [3.05, 3.63) is 35.4 Å². The van der Waals surface area contributed by atoms with E-state index >= 15 is 0 Å². The van der Waals surface area contributed by atoms with Crippen molar-refractivity contribution in [3.63, 3.8) is 0 Å². The van der Waals surface area contributed by atoms with Crippen molar-refractivity contribution in [2.75, 3.05) is 12.3 Å². The van der Waals surface area contributed by atoms with Crippen LogP contribution in [-0.4, -0.2) is 45.5 Å². The molecule has 1 heterocycles. The largest absolute Gasteiger partial charge is 0.480 e. The number of aliphatic carboxylic acids is 1. The molecule has 1 aromatic rings. The topological polar surface area (TPSA) is 57.6 Å². The van der Waals surface area contributed by atoms with Gasteiger partial charge in [-0.3, -0.25) is 4.79 Å². The molecule has 1 aliphatic rings. The van der Waals surface area contributed by atoms with Gasteiger partial charge < -0.3 is 10.0 Å². The van der Waals surface area contributed by atoms with Crippen LogP contribution in [0, 0.1) is 5.92 Å². The second-order valence-corrected chi connectivity index (χ2v) is 8.65. The highest BCUT2D eigenvalue weighted by atomic mass is 32.2. The van der Waals surface area contributed by atoms with Crippen LogP contribution in [0.1, 0.15) is 44.2 Å². The minimum atomic E-state index is -0.913. The third kappa shape index (κ3) is 5.17. The molecule has 1 N–H and O–H groups in total. The van der Waals surface area contributed by atoms with Crippen LogP contribution in [0.25, 0.3) is 0 Å². The number of thioether (sulfide) groups is 1. The van der Waals surface area contributed by atoms with E-state index in [-0.39, 0.29) is 17.1 Å². The summed E-state index contributed by atoms with van der Waals surface area (Å²) in [6.45, 7) is 6.64. The lowest BCUT2D eigenvalue weighted by Gasteiger charge is -2.24. The third-order valence-corrected chi connectivity index (χ3v) is 6.52. The predicted molar refractivity (Wildman–Crippen MR) is 106 cm³/mol. The highest BCUT2D eigenvalue weighted by Crippen LogP contribution is 2.31. The normalized spacial score (nSPS) is 21.6. The van der Waals surface area contributed by atoms with E-state index in [4.69, 9.17) is 0 Å². The van der Waals surface area contributed by atoms with Gasteiger partial charge in [0.25, 0.3) is 0 Å². The Bertz CT molecular complexity index is 603. The molecule has 0 unspecified atom stereocenters. The molecule has 3 atom stereocenters. The van der Waals surface area contributed by atoms with Crippen molar-refractivity contribution in [2.45, 2.75) is 50.2 Å².